The first kappa shape index (κ1) is 15.3. The number of benzene rings is 1. The Hall–Kier alpha value is -1.14. The van der Waals surface area contributed by atoms with Gasteiger partial charge in [-0.25, -0.2) is 21.6 Å². The number of rotatable bonds is 3. The highest BCUT2D eigenvalue weighted by molar-refractivity contribution is 7.92. The van der Waals surface area contributed by atoms with E-state index in [0.717, 1.165) is 6.07 Å². The Kier molecular flexibility index (Phi) is 4.07. The van der Waals surface area contributed by atoms with Crippen LogP contribution in [0.15, 0.2) is 23.1 Å². The fraction of sp³-hybridized carbons (Fsp3) is 0.364. The maximum atomic E-state index is 12.2. The lowest BCUT2D eigenvalue weighted by Gasteiger charge is -2.12. The quantitative estimate of drug-likeness (QED) is 0.875. The molecule has 1 saturated heterocycles. The molecular weight excluding hydrogens is 324 g/mol. The number of sulfonamides is 1. The van der Waals surface area contributed by atoms with E-state index >= 15 is 0 Å². The summed E-state index contributed by atoms with van der Waals surface area (Å²) in [6.07, 6.45) is 0.233. The summed E-state index contributed by atoms with van der Waals surface area (Å²) in [7, 11) is -7.14. The number of hydrogen-bond acceptors (Lipinski definition) is 5. The van der Waals surface area contributed by atoms with Crippen molar-refractivity contribution in [2.75, 3.05) is 11.5 Å². The van der Waals surface area contributed by atoms with Gasteiger partial charge in [0, 0.05) is 6.04 Å². The van der Waals surface area contributed by atoms with E-state index in [2.05, 4.69) is 4.72 Å². The van der Waals surface area contributed by atoms with Gasteiger partial charge in [0.15, 0.2) is 9.84 Å². The van der Waals surface area contributed by atoms with Gasteiger partial charge in [0.25, 0.3) is 0 Å². The summed E-state index contributed by atoms with van der Waals surface area (Å²) in [4.78, 5) is -0.220. The van der Waals surface area contributed by atoms with Crippen molar-refractivity contribution in [1.82, 2.24) is 4.72 Å². The first-order chi connectivity index (χ1) is 9.23. The maximum Gasteiger partial charge on any atom is 0.242 e. The van der Waals surface area contributed by atoms with E-state index in [4.69, 9.17) is 16.9 Å². The lowest BCUT2D eigenvalue weighted by Crippen LogP contribution is -2.35. The second-order valence-electron chi connectivity index (χ2n) is 4.48. The average Bonchev–Trinajstić information content (AvgIpc) is 2.68. The number of sulfone groups is 1. The van der Waals surface area contributed by atoms with Crippen molar-refractivity contribution in [2.24, 2.45) is 0 Å². The molecule has 9 heteroatoms. The standard InChI is InChI=1S/C11H11ClN2O4S2/c12-10-2-1-8(6-13)5-11(10)20(17,18)14-9-3-4-19(15,16)7-9/h1-2,5,9,14H,3-4,7H2. The van der Waals surface area contributed by atoms with Crippen LogP contribution in [-0.2, 0) is 19.9 Å². The van der Waals surface area contributed by atoms with Gasteiger partial charge in [-0.15, -0.1) is 0 Å². The highest BCUT2D eigenvalue weighted by Gasteiger charge is 2.32. The van der Waals surface area contributed by atoms with Crippen LogP contribution < -0.4 is 4.72 Å². The van der Waals surface area contributed by atoms with Crippen molar-refractivity contribution in [3.63, 3.8) is 0 Å². The molecule has 1 N–H and O–H groups in total. The third-order valence-electron chi connectivity index (χ3n) is 2.90. The minimum Gasteiger partial charge on any atom is -0.229 e. The highest BCUT2D eigenvalue weighted by atomic mass is 35.5. The van der Waals surface area contributed by atoms with Gasteiger partial charge in [0.05, 0.1) is 28.2 Å². The molecule has 0 radical (unpaired) electrons. The second kappa shape index (κ2) is 5.33. The first-order valence-electron chi connectivity index (χ1n) is 5.66. The Morgan fingerprint density at radius 2 is 2.10 bits per heavy atom. The number of nitriles is 1. The smallest absolute Gasteiger partial charge is 0.229 e. The van der Waals surface area contributed by atoms with E-state index < -0.39 is 25.9 Å². The van der Waals surface area contributed by atoms with Crippen LogP contribution in [0.2, 0.25) is 5.02 Å². The molecule has 0 amide bonds. The molecule has 1 unspecified atom stereocenters. The van der Waals surface area contributed by atoms with Crippen molar-refractivity contribution in [3.8, 4) is 6.07 Å². The van der Waals surface area contributed by atoms with Gasteiger partial charge >= 0.3 is 0 Å². The van der Waals surface area contributed by atoms with Crippen LogP contribution >= 0.6 is 11.6 Å². The molecule has 20 heavy (non-hydrogen) atoms. The molecule has 0 spiro atoms. The number of halogens is 1. The van der Waals surface area contributed by atoms with Crippen molar-refractivity contribution in [1.29, 1.82) is 5.26 Å². The molecule has 0 bridgehead atoms. The topological polar surface area (TPSA) is 104 Å². The average molecular weight is 335 g/mol. The monoisotopic (exact) mass is 334 g/mol. The Bertz CT molecular complexity index is 781. The van der Waals surface area contributed by atoms with Crippen LogP contribution in [0.3, 0.4) is 0 Å². The summed E-state index contributed by atoms with van der Waals surface area (Å²) in [5.74, 6) is -0.256. The van der Waals surface area contributed by atoms with Gasteiger partial charge in [0.2, 0.25) is 10.0 Å². The van der Waals surface area contributed by atoms with Gasteiger partial charge in [-0.05, 0) is 24.6 Å². The Labute approximate surface area is 122 Å². The van der Waals surface area contributed by atoms with Crippen molar-refractivity contribution >= 4 is 31.5 Å². The predicted octanol–water partition coefficient (Wildman–Crippen LogP) is 0.677. The van der Waals surface area contributed by atoms with E-state index in [1.165, 1.54) is 12.1 Å². The molecule has 1 fully saturated rings. The predicted molar refractivity (Wildman–Crippen MR) is 73.5 cm³/mol. The van der Waals surface area contributed by atoms with Crippen molar-refractivity contribution in [3.05, 3.63) is 28.8 Å². The normalized spacial score (nSPS) is 21.5. The SMILES string of the molecule is N#Cc1ccc(Cl)c(S(=O)(=O)NC2CCS(=O)(=O)C2)c1. The zero-order chi connectivity index (χ0) is 15.0. The first-order valence-corrected chi connectivity index (χ1v) is 9.34. The highest BCUT2D eigenvalue weighted by Crippen LogP contribution is 2.23. The van der Waals surface area contributed by atoms with Crippen LogP contribution in [0.5, 0.6) is 0 Å². The number of hydrogen-bond donors (Lipinski definition) is 1. The van der Waals surface area contributed by atoms with Gasteiger partial charge in [0.1, 0.15) is 4.90 Å². The fourth-order valence-electron chi connectivity index (χ4n) is 1.95. The zero-order valence-electron chi connectivity index (χ0n) is 10.2. The second-order valence-corrected chi connectivity index (χ2v) is 8.80. The minimum absolute atomic E-state index is 0.0163. The van der Waals surface area contributed by atoms with E-state index in [-0.39, 0.29) is 33.4 Å². The number of nitrogens with zero attached hydrogens (tertiary/aromatic N) is 1. The summed E-state index contributed by atoms with van der Waals surface area (Å²) >= 11 is 5.83. The fourth-order valence-corrected chi connectivity index (χ4v) is 5.52. The van der Waals surface area contributed by atoms with Gasteiger partial charge in [-0.1, -0.05) is 11.6 Å². The number of nitrogens with one attached hydrogen (secondary N) is 1. The minimum atomic E-state index is -3.95. The molecule has 108 valence electrons. The maximum absolute atomic E-state index is 12.2. The molecule has 1 aromatic carbocycles. The summed E-state index contributed by atoms with van der Waals surface area (Å²) < 4.78 is 49.3. The summed E-state index contributed by atoms with van der Waals surface area (Å²) in [6.45, 7) is 0. The van der Waals surface area contributed by atoms with E-state index in [0.29, 0.717) is 0 Å². The van der Waals surface area contributed by atoms with Crippen LogP contribution in [0.4, 0.5) is 0 Å². The molecule has 6 nitrogen and oxygen atoms in total. The van der Waals surface area contributed by atoms with Gasteiger partial charge in [-0.2, -0.15) is 5.26 Å². The van der Waals surface area contributed by atoms with Gasteiger partial charge < -0.3 is 0 Å². The van der Waals surface area contributed by atoms with Crippen molar-refractivity contribution in [2.45, 2.75) is 17.4 Å². The van der Waals surface area contributed by atoms with Crippen molar-refractivity contribution < 1.29 is 16.8 Å². The Morgan fingerprint density at radius 1 is 1.40 bits per heavy atom. The summed E-state index contributed by atoms with van der Waals surface area (Å²) in [5.41, 5.74) is 0.161. The van der Waals surface area contributed by atoms with Crippen LogP contribution in [0, 0.1) is 11.3 Å². The molecule has 0 aliphatic carbocycles. The van der Waals surface area contributed by atoms with Crippen LogP contribution in [0.25, 0.3) is 0 Å². The van der Waals surface area contributed by atoms with Gasteiger partial charge in [-0.3, -0.25) is 0 Å². The summed E-state index contributed by atoms with van der Waals surface area (Å²) in [5, 5.41) is 8.77. The summed E-state index contributed by atoms with van der Waals surface area (Å²) in [6, 6.07) is 5.05. The molecule has 1 aliphatic heterocycles. The van der Waals surface area contributed by atoms with E-state index in [9.17, 15) is 16.8 Å². The molecule has 2 rings (SSSR count). The molecule has 1 aromatic rings. The zero-order valence-corrected chi connectivity index (χ0v) is 12.6. The molecule has 1 heterocycles. The van der Waals surface area contributed by atoms with E-state index in [1.807, 2.05) is 6.07 Å². The largest absolute Gasteiger partial charge is 0.242 e. The molecular formula is C11H11ClN2O4S2. The third-order valence-corrected chi connectivity index (χ3v) is 6.67. The Morgan fingerprint density at radius 3 is 2.65 bits per heavy atom. The molecule has 1 atom stereocenters. The lowest BCUT2D eigenvalue weighted by molar-refractivity contribution is 0.562. The molecule has 0 saturated carbocycles. The van der Waals surface area contributed by atoms with Crippen LogP contribution in [0.1, 0.15) is 12.0 Å². The molecule has 1 aliphatic rings. The molecule has 0 aromatic heterocycles. The lowest BCUT2D eigenvalue weighted by atomic mass is 10.2. The van der Waals surface area contributed by atoms with Crippen LogP contribution in [-0.4, -0.2) is 34.4 Å². The van der Waals surface area contributed by atoms with E-state index in [1.54, 1.807) is 0 Å². The Balaban J connectivity index is 2.30. The third kappa shape index (κ3) is 3.30.